The fraction of sp³-hybridized carbons (Fsp3) is 0.500. The Morgan fingerprint density at radius 3 is 2.61 bits per heavy atom. The standard InChI is InChI=1S/C26H32N2O3/c29-26(23-9-8-21-5-1-2-6-22(21)18-23)28(14-13-27-11-3-4-12-27)19-20-7-10-24-25(17-20)31-16-15-30-24/h1-2,5-7,10,17,23H,3-4,8-9,11-16,18-19H2/t23-/m1/s1. The lowest BCUT2D eigenvalue weighted by molar-refractivity contribution is -0.136. The molecule has 0 saturated carbocycles. The monoisotopic (exact) mass is 420 g/mol. The summed E-state index contributed by atoms with van der Waals surface area (Å²) >= 11 is 0. The third kappa shape index (κ3) is 4.72. The molecule has 3 aliphatic rings. The molecule has 5 heteroatoms. The van der Waals surface area contributed by atoms with Crippen LogP contribution >= 0.6 is 0 Å². The minimum absolute atomic E-state index is 0.0747. The van der Waals surface area contributed by atoms with Crippen LogP contribution in [0.3, 0.4) is 0 Å². The summed E-state index contributed by atoms with van der Waals surface area (Å²) in [5.41, 5.74) is 3.85. The third-order valence-electron chi connectivity index (χ3n) is 6.87. The van der Waals surface area contributed by atoms with Crippen LogP contribution in [0.4, 0.5) is 0 Å². The van der Waals surface area contributed by atoms with Crippen molar-refractivity contribution in [2.45, 2.75) is 38.6 Å². The zero-order valence-corrected chi connectivity index (χ0v) is 18.2. The molecule has 0 aromatic heterocycles. The minimum atomic E-state index is 0.0747. The molecule has 1 atom stereocenters. The van der Waals surface area contributed by atoms with Gasteiger partial charge in [-0.25, -0.2) is 0 Å². The topological polar surface area (TPSA) is 42.0 Å². The summed E-state index contributed by atoms with van der Waals surface area (Å²) in [5.74, 6) is 1.96. The van der Waals surface area contributed by atoms with E-state index in [1.165, 1.54) is 24.0 Å². The summed E-state index contributed by atoms with van der Waals surface area (Å²) in [6.45, 7) is 5.85. The highest BCUT2D eigenvalue weighted by atomic mass is 16.6. The van der Waals surface area contributed by atoms with Crippen molar-refractivity contribution in [1.82, 2.24) is 9.80 Å². The van der Waals surface area contributed by atoms with Crippen LogP contribution in [0.1, 0.15) is 36.0 Å². The van der Waals surface area contributed by atoms with Crippen LogP contribution in [-0.4, -0.2) is 55.1 Å². The number of hydrogen-bond donors (Lipinski definition) is 0. The summed E-state index contributed by atoms with van der Waals surface area (Å²) in [5, 5.41) is 0. The fourth-order valence-corrected chi connectivity index (χ4v) is 5.11. The maximum atomic E-state index is 13.7. The van der Waals surface area contributed by atoms with E-state index in [2.05, 4.69) is 40.1 Å². The van der Waals surface area contributed by atoms with E-state index in [0.717, 1.165) is 62.5 Å². The number of aryl methyl sites for hydroxylation is 1. The first-order valence-electron chi connectivity index (χ1n) is 11.7. The molecule has 2 heterocycles. The number of ether oxygens (including phenoxy) is 2. The van der Waals surface area contributed by atoms with Crippen LogP contribution in [0.2, 0.25) is 0 Å². The molecule has 0 radical (unpaired) electrons. The Kier molecular flexibility index (Phi) is 6.12. The Morgan fingerprint density at radius 1 is 1.00 bits per heavy atom. The molecule has 2 aromatic carbocycles. The molecule has 0 unspecified atom stereocenters. The second-order valence-electron chi connectivity index (χ2n) is 8.99. The summed E-state index contributed by atoms with van der Waals surface area (Å²) in [6, 6.07) is 14.7. The van der Waals surface area contributed by atoms with Gasteiger partial charge in [0.1, 0.15) is 13.2 Å². The quantitative estimate of drug-likeness (QED) is 0.715. The van der Waals surface area contributed by atoms with Crippen LogP contribution in [-0.2, 0) is 24.2 Å². The minimum Gasteiger partial charge on any atom is -0.486 e. The second-order valence-corrected chi connectivity index (χ2v) is 8.99. The zero-order valence-electron chi connectivity index (χ0n) is 18.2. The van der Waals surface area contributed by atoms with E-state index in [4.69, 9.17) is 9.47 Å². The van der Waals surface area contributed by atoms with Crippen molar-refractivity contribution >= 4 is 5.91 Å². The van der Waals surface area contributed by atoms with E-state index in [1.807, 2.05) is 12.1 Å². The number of hydrogen-bond acceptors (Lipinski definition) is 4. The molecular weight excluding hydrogens is 388 g/mol. The number of fused-ring (bicyclic) bond motifs is 2. The van der Waals surface area contributed by atoms with Gasteiger partial charge in [-0.1, -0.05) is 30.3 Å². The van der Waals surface area contributed by atoms with Crippen molar-refractivity contribution in [1.29, 1.82) is 0 Å². The smallest absolute Gasteiger partial charge is 0.226 e. The first kappa shape index (κ1) is 20.4. The predicted molar refractivity (Wildman–Crippen MR) is 120 cm³/mol. The lowest BCUT2D eigenvalue weighted by Crippen LogP contribution is -2.42. The molecule has 1 amide bonds. The van der Waals surface area contributed by atoms with E-state index >= 15 is 0 Å². The molecule has 1 saturated heterocycles. The number of rotatable bonds is 6. The average molecular weight is 421 g/mol. The van der Waals surface area contributed by atoms with Crippen molar-refractivity contribution in [3.05, 3.63) is 59.2 Å². The van der Waals surface area contributed by atoms with E-state index in [1.54, 1.807) is 0 Å². The number of carbonyl (C=O) groups excluding carboxylic acids is 1. The summed E-state index contributed by atoms with van der Waals surface area (Å²) in [6.07, 6.45) is 5.34. The van der Waals surface area contributed by atoms with E-state index in [0.29, 0.717) is 25.7 Å². The maximum Gasteiger partial charge on any atom is 0.226 e. The van der Waals surface area contributed by atoms with Gasteiger partial charge in [0, 0.05) is 25.6 Å². The lowest BCUT2D eigenvalue weighted by Gasteiger charge is -2.32. The first-order chi connectivity index (χ1) is 15.3. The molecular formula is C26H32N2O3. The second kappa shape index (κ2) is 9.31. The van der Waals surface area contributed by atoms with Gasteiger partial charge in [0.2, 0.25) is 5.91 Å². The van der Waals surface area contributed by atoms with Crippen molar-refractivity contribution in [2.24, 2.45) is 5.92 Å². The van der Waals surface area contributed by atoms with Gasteiger partial charge < -0.3 is 19.3 Å². The molecule has 164 valence electrons. The van der Waals surface area contributed by atoms with Crippen LogP contribution in [0.15, 0.2) is 42.5 Å². The van der Waals surface area contributed by atoms with Crippen LogP contribution in [0.25, 0.3) is 0 Å². The Balaban J connectivity index is 1.31. The summed E-state index contributed by atoms with van der Waals surface area (Å²) < 4.78 is 11.4. The van der Waals surface area contributed by atoms with Crippen LogP contribution in [0, 0.1) is 5.92 Å². The first-order valence-corrected chi connectivity index (χ1v) is 11.7. The van der Waals surface area contributed by atoms with Crippen molar-refractivity contribution in [3.63, 3.8) is 0 Å². The number of amides is 1. The number of likely N-dealkylation sites (tertiary alicyclic amines) is 1. The summed E-state index contributed by atoms with van der Waals surface area (Å²) in [7, 11) is 0. The van der Waals surface area contributed by atoms with Crippen molar-refractivity contribution < 1.29 is 14.3 Å². The van der Waals surface area contributed by atoms with Gasteiger partial charge in [0.25, 0.3) is 0 Å². The SMILES string of the molecule is O=C([C@@H]1CCc2ccccc2C1)N(CCN1CCCC1)Cc1ccc2c(c1)OCCO2. The molecule has 0 N–H and O–H groups in total. The predicted octanol–water partition coefficient (Wildman–Crippen LogP) is 3.69. The Morgan fingerprint density at radius 2 is 1.77 bits per heavy atom. The Bertz CT molecular complexity index is 923. The molecule has 0 bridgehead atoms. The van der Waals surface area contributed by atoms with E-state index in [9.17, 15) is 4.79 Å². The molecule has 1 aliphatic carbocycles. The van der Waals surface area contributed by atoms with E-state index in [-0.39, 0.29) is 5.92 Å². The lowest BCUT2D eigenvalue weighted by atomic mass is 9.83. The Labute approximate surface area is 184 Å². The van der Waals surface area contributed by atoms with Gasteiger partial charge in [-0.05, 0) is 74.0 Å². The number of benzene rings is 2. The summed E-state index contributed by atoms with van der Waals surface area (Å²) in [4.78, 5) is 18.2. The highest BCUT2D eigenvalue weighted by molar-refractivity contribution is 5.79. The molecule has 0 spiro atoms. The van der Waals surface area contributed by atoms with Crippen LogP contribution in [0.5, 0.6) is 11.5 Å². The van der Waals surface area contributed by atoms with Gasteiger partial charge in [-0.15, -0.1) is 0 Å². The van der Waals surface area contributed by atoms with Gasteiger partial charge in [0.15, 0.2) is 11.5 Å². The molecule has 2 aromatic rings. The molecule has 31 heavy (non-hydrogen) atoms. The van der Waals surface area contributed by atoms with Gasteiger partial charge in [-0.2, -0.15) is 0 Å². The van der Waals surface area contributed by atoms with Crippen molar-refractivity contribution in [2.75, 3.05) is 39.4 Å². The molecule has 1 fully saturated rings. The van der Waals surface area contributed by atoms with Crippen molar-refractivity contribution in [3.8, 4) is 11.5 Å². The number of nitrogens with zero attached hydrogens (tertiary/aromatic N) is 2. The zero-order chi connectivity index (χ0) is 21.0. The van der Waals surface area contributed by atoms with Gasteiger partial charge in [0.05, 0.1) is 0 Å². The normalized spacial score (nSPS) is 20.3. The van der Waals surface area contributed by atoms with Gasteiger partial charge in [-0.3, -0.25) is 4.79 Å². The fourth-order valence-electron chi connectivity index (χ4n) is 5.11. The molecule has 5 nitrogen and oxygen atoms in total. The molecule has 5 rings (SSSR count). The van der Waals surface area contributed by atoms with Gasteiger partial charge >= 0.3 is 0 Å². The largest absolute Gasteiger partial charge is 0.486 e. The molecule has 2 aliphatic heterocycles. The third-order valence-corrected chi connectivity index (χ3v) is 6.87. The highest BCUT2D eigenvalue weighted by Gasteiger charge is 2.29. The van der Waals surface area contributed by atoms with E-state index < -0.39 is 0 Å². The maximum absolute atomic E-state index is 13.7. The highest BCUT2D eigenvalue weighted by Crippen LogP contribution is 2.32. The van der Waals surface area contributed by atoms with Crippen LogP contribution < -0.4 is 9.47 Å². The Hall–Kier alpha value is -2.53. The average Bonchev–Trinajstić information content (AvgIpc) is 3.34. The number of carbonyl (C=O) groups is 1.